The molecule has 3 atom stereocenters. The number of piperidine rings is 2. The van der Waals surface area contributed by atoms with Crippen molar-refractivity contribution >= 4 is 5.82 Å². The number of hydrogen-bond donors (Lipinski definition) is 0. The molecule has 0 aliphatic carbocycles. The van der Waals surface area contributed by atoms with Crippen LogP contribution in [-0.2, 0) is 40.2 Å². The Morgan fingerprint density at radius 1 is 0.660 bits per heavy atom. The number of ether oxygens (including phenoxy) is 3. The number of benzene rings is 3. The van der Waals surface area contributed by atoms with E-state index < -0.39 is 11.7 Å². The number of anilines is 1. The molecule has 1 aromatic heterocycles. The van der Waals surface area contributed by atoms with Gasteiger partial charge in [0.1, 0.15) is 11.9 Å². The van der Waals surface area contributed by atoms with Gasteiger partial charge in [0, 0.05) is 38.9 Å². The van der Waals surface area contributed by atoms with Crippen molar-refractivity contribution in [1.29, 1.82) is 0 Å². The minimum Gasteiger partial charge on any atom is -0.369 e. The average Bonchev–Trinajstić information content (AvgIpc) is 3.10. The molecule has 0 saturated carbocycles. The molecular weight excluding hydrogens is 603 g/mol. The van der Waals surface area contributed by atoms with Crippen LogP contribution in [0.3, 0.4) is 0 Å². The Hall–Kier alpha value is -3.76. The van der Waals surface area contributed by atoms with Gasteiger partial charge < -0.3 is 19.1 Å². The summed E-state index contributed by atoms with van der Waals surface area (Å²) in [6.45, 7) is 5.08. The van der Waals surface area contributed by atoms with E-state index in [0.717, 1.165) is 61.4 Å². The van der Waals surface area contributed by atoms with Crippen LogP contribution in [0.15, 0.2) is 109 Å². The van der Waals surface area contributed by atoms with Crippen LogP contribution in [-0.4, -0.2) is 60.9 Å². The molecule has 0 amide bonds. The quantitative estimate of drug-likeness (QED) is 0.160. The van der Waals surface area contributed by atoms with Gasteiger partial charge in [-0.2, -0.15) is 13.2 Å². The van der Waals surface area contributed by atoms with Crippen molar-refractivity contribution in [2.75, 3.05) is 37.6 Å². The number of rotatable bonds is 12. The summed E-state index contributed by atoms with van der Waals surface area (Å²) in [5.41, 5.74) is 2.56. The Labute approximate surface area is 275 Å². The molecule has 2 fully saturated rings. The third-order valence-electron chi connectivity index (χ3n) is 8.94. The van der Waals surface area contributed by atoms with E-state index in [2.05, 4.69) is 51.2 Å². The molecule has 2 saturated heterocycles. The van der Waals surface area contributed by atoms with Crippen LogP contribution >= 0.6 is 0 Å². The fourth-order valence-electron chi connectivity index (χ4n) is 6.54. The van der Waals surface area contributed by atoms with E-state index in [1.54, 1.807) is 0 Å². The number of nitrogens with zero attached hydrogens (tertiary/aromatic N) is 3. The predicted molar refractivity (Wildman–Crippen MR) is 176 cm³/mol. The molecule has 4 aromatic rings. The summed E-state index contributed by atoms with van der Waals surface area (Å²) >= 11 is 0. The smallest absolute Gasteiger partial charge is 0.369 e. The van der Waals surface area contributed by atoms with Crippen LogP contribution in [0.5, 0.6) is 0 Å². The summed E-state index contributed by atoms with van der Waals surface area (Å²) in [6, 6.07) is 33.1. The molecule has 0 bridgehead atoms. The van der Waals surface area contributed by atoms with Crippen molar-refractivity contribution in [2.45, 2.75) is 57.2 Å². The van der Waals surface area contributed by atoms with Crippen molar-refractivity contribution in [1.82, 2.24) is 9.88 Å². The first-order valence-corrected chi connectivity index (χ1v) is 16.4. The van der Waals surface area contributed by atoms with Gasteiger partial charge in [0.05, 0.1) is 37.6 Å². The highest BCUT2D eigenvalue weighted by Crippen LogP contribution is 2.31. The number of aromatic nitrogens is 1. The summed E-state index contributed by atoms with van der Waals surface area (Å²) in [6.07, 6.45) is -2.22. The third-order valence-corrected chi connectivity index (χ3v) is 8.94. The van der Waals surface area contributed by atoms with Gasteiger partial charge in [-0.25, -0.2) is 4.98 Å². The molecule has 6 rings (SSSR count). The molecule has 248 valence electrons. The molecule has 3 aromatic carbocycles. The zero-order valence-corrected chi connectivity index (χ0v) is 26.5. The maximum atomic E-state index is 13.1. The van der Waals surface area contributed by atoms with Gasteiger partial charge in [0.15, 0.2) is 0 Å². The maximum Gasteiger partial charge on any atom is 0.417 e. The van der Waals surface area contributed by atoms with Crippen LogP contribution in [0.2, 0.25) is 0 Å². The number of halogens is 3. The van der Waals surface area contributed by atoms with Crippen molar-refractivity contribution in [3.63, 3.8) is 0 Å². The van der Waals surface area contributed by atoms with E-state index in [9.17, 15) is 13.2 Å². The molecule has 0 N–H and O–H groups in total. The van der Waals surface area contributed by atoms with Crippen LogP contribution in [0.4, 0.5) is 19.0 Å². The monoisotopic (exact) mass is 645 g/mol. The molecule has 47 heavy (non-hydrogen) atoms. The Morgan fingerprint density at radius 2 is 1.19 bits per heavy atom. The number of pyridine rings is 1. The average molecular weight is 646 g/mol. The zero-order valence-electron chi connectivity index (χ0n) is 26.5. The highest BCUT2D eigenvalue weighted by Gasteiger charge is 2.40. The molecule has 0 radical (unpaired) electrons. The van der Waals surface area contributed by atoms with E-state index in [1.807, 2.05) is 54.6 Å². The SMILES string of the molecule is FC(F)(F)c1ccc(N2CCC[C@H](CN3C[C@@H](OCc4ccccc4)C(OCc4ccccc4)[C@H](OCc4ccccc4)C3)C2)nc1. The minimum absolute atomic E-state index is 0.232. The number of hydrogen-bond acceptors (Lipinski definition) is 6. The molecular formula is C38H42F3N3O3. The first-order chi connectivity index (χ1) is 22.9. The maximum absolute atomic E-state index is 13.1. The van der Waals surface area contributed by atoms with Crippen LogP contribution in [0, 0.1) is 5.92 Å². The lowest BCUT2D eigenvalue weighted by atomic mass is 9.94. The third kappa shape index (κ3) is 9.41. The van der Waals surface area contributed by atoms with Crippen molar-refractivity contribution in [3.8, 4) is 0 Å². The molecule has 2 aliphatic rings. The summed E-state index contributed by atoms with van der Waals surface area (Å²) in [7, 11) is 0. The van der Waals surface area contributed by atoms with Gasteiger partial charge in [-0.05, 0) is 47.6 Å². The highest BCUT2D eigenvalue weighted by atomic mass is 19.4. The second-order valence-corrected chi connectivity index (χ2v) is 12.5. The molecule has 2 aliphatic heterocycles. The predicted octanol–water partition coefficient (Wildman–Crippen LogP) is 7.39. The van der Waals surface area contributed by atoms with Crippen molar-refractivity contribution in [3.05, 3.63) is 132 Å². The fourth-order valence-corrected chi connectivity index (χ4v) is 6.54. The van der Waals surface area contributed by atoms with Gasteiger partial charge in [-0.3, -0.25) is 4.90 Å². The zero-order chi connectivity index (χ0) is 32.5. The summed E-state index contributed by atoms with van der Waals surface area (Å²) < 4.78 is 59.3. The first-order valence-electron chi connectivity index (χ1n) is 16.4. The molecule has 3 heterocycles. The molecule has 6 nitrogen and oxygen atoms in total. The topological polar surface area (TPSA) is 47.1 Å². The van der Waals surface area contributed by atoms with Crippen LogP contribution in [0.1, 0.15) is 35.1 Å². The van der Waals surface area contributed by atoms with E-state index in [-0.39, 0.29) is 18.3 Å². The van der Waals surface area contributed by atoms with Gasteiger partial charge in [-0.1, -0.05) is 91.0 Å². The molecule has 9 heteroatoms. The second-order valence-electron chi connectivity index (χ2n) is 12.5. The highest BCUT2D eigenvalue weighted by molar-refractivity contribution is 5.40. The lowest BCUT2D eigenvalue weighted by molar-refractivity contribution is -0.185. The molecule has 0 unspecified atom stereocenters. The lowest BCUT2D eigenvalue weighted by Crippen LogP contribution is -2.59. The van der Waals surface area contributed by atoms with E-state index in [1.165, 1.54) is 6.07 Å². The minimum atomic E-state index is -4.40. The number of likely N-dealkylation sites (tertiary alicyclic amines) is 1. The van der Waals surface area contributed by atoms with Crippen LogP contribution in [0.25, 0.3) is 0 Å². The summed E-state index contributed by atoms with van der Waals surface area (Å²) in [5.74, 6) is 0.906. The van der Waals surface area contributed by atoms with Gasteiger partial charge in [-0.15, -0.1) is 0 Å². The van der Waals surface area contributed by atoms with Crippen LogP contribution < -0.4 is 4.90 Å². The van der Waals surface area contributed by atoms with Gasteiger partial charge in [0.25, 0.3) is 0 Å². The normalized spacial score (nSPS) is 21.2. The Morgan fingerprint density at radius 3 is 1.68 bits per heavy atom. The van der Waals surface area contributed by atoms with Gasteiger partial charge in [0.2, 0.25) is 0 Å². The van der Waals surface area contributed by atoms with Crippen molar-refractivity contribution < 1.29 is 27.4 Å². The Kier molecular flexibility index (Phi) is 11.2. The number of alkyl halides is 3. The van der Waals surface area contributed by atoms with E-state index >= 15 is 0 Å². The lowest BCUT2D eigenvalue weighted by Gasteiger charge is -2.45. The Bertz CT molecular complexity index is 1440. The Balaban J connectivity index is 1.18. The van der Waals surface area contributed by atoms with E-state index in [0.29, 0.717) is 44.6 Å². The largest absolute Gasteiger partial charge is 0.417 e. The van der Waals surface area contributed by atoms with Gasteiger partial charge >= 0.3 is 6.18 Å². The first kappa shape index (κ1) is 33.2. The second kappa shape index (κ2) is 15.9. The molecule has 0 spiro atoms. The standard InChI is InChI=1S/C38H42F3N3O3/c39-38(40,41)33-18-19-36(42-21-33)44-20-10-17-32(23-44)22-43-24-34(45-26-29-11-4-1-5-12-29)37(47-28-31-15-8-3-9-16-31)35(25-43)46-27-30-13-6-2-7-14-30/h1-9,11-16,18-19,21,32,34-35,37H,10,17,20,22-28H2/t32-,34-,35-/m1/s1. The summed E-state index contributed by atoms with van der Waals surface area (Å²) in [5, 5.41) is 0. The summed E-state index contributed by atoms with van der Waals surface area (Å²) in [4.78, 5) is 8.70. The fraction of sp³-hybridized carbons (Fsp3) is 0.395. The van der Waals surface area contributed by atoms with E-state index in [4.69, 9.17) is 14.2 Å². The van der Waals surface area contributed by atoms with Crippen molar-refractivity contribution in [2.24, 2.45) is 5.92 Å².